The lowest BCUT2D eigenvalue weighted by Gasteiger charge is -2.27. The minimum absolute atomic E-state index is 0.0823. The quantitative estimate of drug-likeness (QED) is 0.375. The lowest BCUT2D eigenvalue weighted by atomic mass is 9.95. The summed E-state index contributed by atoms with van der Waals surface area (Å²) in [6.45, 7) is 4.12. The van der Waals surface area contributed by atoms with E-state index in [4.69, 9.17) is 14.5 Å². The van der Waals surface area contributed by atoms with Crippen molar-refractivity contribution in [3.8, 4) is 17.2 Å². The van der Waals surface area contributed by atoms with Crippen molar-refractivity contribution in [1.29, 1.82) is 0 Å². The third-order valence-electron chi connectivity index (χ3n) is 7.18. The van der Waals surface area contributed by atoms with Gasteiger partial charge in [-0.25, -0.2) is 4.99 Å². The minimum Gasteiger partial charge on any atom is -0.497 e. The van der Waals surface area contributed by atoms with Crippen molar-refractivity contribution >= 4 is 17.4 Å². The number of alkyl halides is 3. The fourth-order valence-electron chi connectivity index (χ4n) is 5.11. The molecule has 1 amide bonds. The molecular weight excluding hydrogens is 507 g/mol. The molecule has 1 saturated heterocycles. The van der Waals surface area contributed by atoms with E-state index in [1.165, 1.54) is 6.07 Å². The molecule has 0 spiro atoms. The zero-order valence-electron chi connectivity index (χ0n) is 21.9. The van der Waals surface area contributed by atoms with Crippen LogP contribution >= 0.6 is 0 Å². The van der Waals surface area contributed by atoms with E-state index in [-0.39, 0.29) is 23.3 Å². The molecule has 5 rings (SSSR count). The molecule has 2 aliphatic heterocycles. The zero-order valence-corrected chi connectivity index (χ0v) is 21.9. The SMILES string of the molecule is CC[C@@H](C(=O)N1CCCN(C2=Nc3cc(C(F)(F)F)ccc3Oc3ccc(OC)cc32)CC1)c1ccccc1. The highest BCUT2D eigenvalue weighted by Crippen LogP contribution is 2.42. The molecule has 0 unspecified atom stereocenters. The molecule has 1 atom stereocenters. The van der Waals surface area contributed by atoms with Crippen LogP contribution in [0.5, 0.6) is 17.2 Å². The maximum absolute atomic E-state index is 13.5. The van der Waals surface area contributed by atoms with E-state index in [9.17, 15) is 18.0 Å². The third kappa shape index (κ3) is 5.57. The van der Waals surface area contributed by atoms with Crippen molar-refractivity contribution in [1.82, 2.24) is 9.80 Å². The largest absolute Gasteiger partial charge is 0.497 e. The van der Waals surface area contributed by atoms with Crippen LogP contribution in [0.15, 0.2) is 71.7 Å². The molecule has 0 aromatic heterocycles. The van der Waals surface area contributed by atoms with Crippen LogP contribution in [-0.4, -0.2) is 54.8 Å². The molecule has 1 fully saturated rings. The first-order valence-corrected chi connectivity index (χ1v) is 13.0. The van der Waals surface area contributed by atoms with E-state index in [1.54, 1.807) is 25.3 Å². The highest BCUT2D eigenvalue weighted by Gasteiger charge is 2.33. The summed E-state index contributed by atoms with van der Waals surface area (Å²) in [5.41, 5.74) is 0.919. The van der Waals surface area contributed by atoms with Gasteiger partial charge in [0.1, 0.15) is 23.0 Å². The van der Waals surface area contributed by atoms with Gasteiger partial charge in [-0.15, -0.1) is 0 Å². The maximum Gasteiger partial charge on any atom is 0.416 e. The van der Waals surface area contributed by atoms with Gasteiger partial charge in [0.15, 0.2) is 5.75 Å². The molecule has 3 aromatic carbocycles. The Balaban J connectivity index is 1.47. The average Bonchev–Trinajstić information content (AvgIpc) is 3.27. The van der Waals surface area contributed by atoms with Gasteiger partial charge < -0.3 is 19.3 Å². The number of amides is 1. The van der Waals surface area contributed by atoms with E-state index < -0.39 is 11.7 Å². The van der Waals surface area contributed by atoms with Crippen molar-refractivity contribution in [3.05, 3.63) is 83.4 Å². The molecule has 39 heavy (non-hydrogen) atoms. The van der Waals surface area contributed by atoms with Crippen molar-refractivity contribution in [2.75, 3.05) is 33.3 Å². The van der Waals surface area contributed by atoms with Gasteiger partial charge in [0.25, 0.3) is 0 Å². The van der Waals surface area contributed by atoms with Crippen LogP contribution in [0.2, 0.25) is 0 Å². The number of ether oxygens (including phenoxy) is 2. The first-order chi connectivity index (χ1) is 18.8. The number of aliphatic imine (C=N–C) groups is 1. The standard InChI is InChI=1S/C30H30F3N3O3/c1-3-23(20-8-5-4-6-9-20)29(37)36-15-7-14-35(16-17-36)28-24-19-22(38-2)11-13-26(24)39-27-12-10-21(30(31,32)33)18-25(27)34-28/h4-6,8-13,18-19,23H,3,7,14-17H2,1-2H3/t23-/m1/s1. The molecule has 3 aromatic rings. The predicted molar refractivity (Wildman–Crippen MR) is 143 cm³/mol. The highest BCUT2D eigenvalue weighted by atomic mass is 19.4. The number of nitrogens with zero attached hydrogens (tertiary/aromatic N) is 3. The van der Waals surface area contributed by atoms with Crippen LogP contribution in [0.4, 0.5) is 18.9 Å². The number of benzene rings is 3. The number of carbonyl (C=O) groups excluding carboxylic acids is 1. The van der Waals surface area contributed by atoms with E-state index in [1.807, 2.05) is 47.1 Å². The van der Waals surface area contributed by atoms with Crippen molar-refractivity contribution in [2.45, 2.75) is 31.9 Å². The van der Waals surface area contributed by atoms with E-state index in [2.05, 4.69) is 0 Å². The Morgan fingerprint density at radius 1 is 1.00 bits per heavy atom. The fraction of sp³-hybridized carbons (Fsp3) is 0.333. The normalized spacial score (nSPS) is 16.2. The van der Waals surface area contributed by atoms with Crippen molar-refractivity contribution < 1.29 is 27.4 Å². The lowest BCUT2D eigenvalue weighted by molar-refractivity contribution is -0.137. The summed E-state index contributed by atoms with van der Waals surface area (Å²) in [5, 5.41) is 0. The number of carbonyl (C=O) groups is 1. The van der Waals surface area contributed by atoms with Crippen LogP contribution in [-0.2, 0) is 11.0 Å². The summed E-state index contributed by atoms with van der Waals surface area (Å²) in [5.74, 6) is 1.64. The monoisotopic (exact) mass is 537 g/mol. The number of fused-ring (bicyclic) bond motifs is 2. The van der Waals surface area contributed by atoms with E-state index in [0.717, 1.165) is 17.7 Å². The van der Waals surface area contributed by atoms with Gasteiger partial charge in [0.05, 0.1) is 24.2 Å². The number of methoxy groups -OCH3 is 1. The van der Waals surface area contributed by atoms with Gasteiger partial charge in [0, 0.05) is 26.2 Å². The van der Waals surface area contributed by atoms with Gasteiger partial charge in [-0.05, 0) is 54.8 Å². The summed E-state index contributed by atoms with van der Waals surface area (Å²) >= 11 is 0. The second kappa shape index (κ2) is 11.0. The van der Waals surface area contributed by atoms with Crippen molar-refractivity contribution in [3.63, 3.8) is 0 Å². The molecule has 2 heterocycles. The molecule has 204 valence electrons. The van der Waals surface area contributed by atoms with Crippen LogP contribution in [0.25, 0.3) is 0 Å². The Labute approximate surface area is 225 Å². The summed E-state index contributed by atoms with van der Waals surface area (Å²) in [7, 11) is 1.55. The predicted octanol–water partition coefficient (Wildman–Crippen LogP) is 6.63. The van der Waals surface area contributed by atoms with Crippen LogP contribution in [0.1, 0.15) is 42.4 Å². The Kier molecular flexibility index (Phi) is 7.50. The molecule has 2 aliphatic rings. The fourth-order valence-corrected chi connectivity index (χ4v) is 5.11. The molecular formula is C30H30F3N3O3. The Morgan fingerprint density at radius 2 is 1.77 bits per heavy atom. The molecule has 0 bridgehead atoms. The number of amidine groups is 1. The second-order valence-corrected chi connectivity index (χ2v) is 9.62. The first-order valence-electron chi connectivity index (χ1n) is 13.0. The van der Waals surface area contributed by atoms with Gasteiger partial charge in [-0.3, -0.25) is 4.79 Å². The maximum atomic E-state index is 13.5. The summed E-state index contributed by atoms with van der Waals surface area (Å²) in [6, 6.07) is 18.3. The number of rotatable bonds is 4. The minimum atomic E-state index is -4.51. The van der Waals surface area contributed by atoms with E-state index in [0.29, 0.717) is 61.9 Å². The summed E-state index contributed by atoms with van der Waals surface area (Å²) < 4.78 is 52.0. The van der Waals surface area contributed by atoms with Gasteiger partial charge in [-0.1, -0.05) is 37.3 Å². The van der Waals surface area contributed by atoms with Gasteiger partial charge >= 0.3 is 6.18 Å². The van der Waals surface area contributed by atoms with Crippen LogP contribution in [0.3, 0.4) is 0 Å². The van der Waals surface area contributed by atoms with Gasteiger partial charge in [-0.2, -0.15) is 13.2 Å². The summed E-state index contributed by atoms with van der Waals surface area (Å²) in [4.78, 5) is 22.2. The Morgan fingerprint density at radius 3 is 2.49 bits per heavy atom. The van der Waals surface area contributed by atoms with Crippen LogP contribution < -0.4 is 9.47 Å². The summed E-state index contributed by atoms with van der Waals surface area (Å²) in [6.07, 6.45) is -3.13. The second-order valence-electron chi connectivity index (χ2n) is 9.62. The lowest BCUT2D eigenvalue weighted by Crippen LogP contribution is -2.39. The van der Waals surface area contributed by atoms with Crippen LogP contribution in [0, 0.1) is 0 Å². The Hall–Kier alpha value is -4.01. The number of hydrogen-bond acceptors (Lipinski definition) is 5. The third-order valence-corrected chi connectivity index (χ3v) is 7.18. The Bertz CT molecular complexity index is 1370. The molecule has 0 aliphatic carbocycles. The number of halogens is 3. The molecule has 0 saturated carbocycles. The average molecular weight is 538 g/mol. The smallest absolute Gasteiger partial charge is 0.416 e. The van der Waals surface area contributed by atoms with E-state index >= 15 is 0 Å². The topological polar surface area (TPSA) is 54.4 Å². The molecule has 6 nitrogen and oxygen atoms in total. The number of hydrogen-bond donors (Lipinski definition) is 0. The molecule has 0 radical (unpaired) electrons. The first kappa shape index (κ1) is 26.6. The van der Waals surface area contributed by atoms with Crippen molar-refractivity contribution in [2.24, 2.45) is 4.99 Å². The highest BCUT2D eigenvalue weighted by molar-refractivity contribution is 6.04. The molecule has 9 heteroatoms. The van der Waals surface area contributed by atoms with Gasteiger partial charge in [0.2, 0.25) is 5.91 Å². The zero-order chi connectivity index (χ0) is 27.6. The molecule has 0 N–H and O–H groups in total.